The highest BCUT2D eigenvalue weighted by Gasteiger charge is 2.34. The fraction of sp³-hybridized carbons (Fsp3) is 0.417. The predicted molar refractivity (Wildman–Crippen MR) is 61.7 cm³/mol. The lowest BCUT2D eigenvalue weighted by Crippen LogP contribution is -2.34. The van der Waals surface area contributed by atoms with Gasteiger partial charge in [0.25, 0.3) is 0 Å². The maximum atomic E-state index is 12.9. The number of esters is 1. The van der Waals surface area contributed by atoms with Gasteiger partial charge in [-0.1, -0.05) is 6.07 Å². The molecule has 0 aromatic heterocycles. The average Bonchev–Trinajstić information content (AvgIpc) is 2.36. The van der Waals surface area contributed by atoms with Crippen molar-refractivity contribution >= 4 is 5.97 Å². The first-order valence-electron chi connectivity index (χ1n) is 5.37. The molecule has 0 radical (unpaired) electrons. The molecule has 0 saturated heterocycles. The van der Waals surface area contributed by atoms with Crippen molar-refractivity contribution in [1.29, 1.82) is 0 Å². The Balaban J connectivity index is 3.10. The quantitative estimate of drug-likeness (QED) is 0.852. The van der Waals surface area contributed by atoms with E-state index >= 15 is 0 Å². The minimum Gasteiger partial charge on any atom is -0.497 e. The number of carbonyl (C=O) groups is 1. The zero-order valence-electron chi connectivity index (χ0n) is 10.5. The SMILES string of the molecule is COC(=O)C(N)Cc1ccc(OC)cc1C(F)(F)F. The lowest BCUT2D eigenvalue weighted by atomic mass is 10.00. The summed E-state index contributed by atoms with van der Waals surface area (Å²) in [5.74, 6) is -0.674. The van der Waals surface area contributed by atoms with Crippen LogP contribution in [0.3, 0.4) is 0 Å². The Labute approximate surface area is 108 Å². The van der Waals surface area contributed by atoms with Crippen molar-refractivity contribution < 1.29 is 27.4 Å². The van der Waals surface area contributed by atoms with Crippen molar-refractivity contribution in [1.82, 2.24) is 0 Å². The lowest BCUT2D eigenvalue weighted by molar-refractivity contribution is -0.143. The van der Waals surface area contributed by atoms with E-state index in [1.807, 2.05) is 0 Å². The van der Waals surface area contributed by atoms with E-state index in [1.54, 1.807) is 0 Å². The van der Waals surface area contributed by atoms with Crippen LogP contribution in [0.15, 0.2) is 18.2 Å². The number of hydrogen-bond acceptors (Lipinski definition) is 4. The maximum Gasteiger partial charge on any atom is 0.416 e. The summed E-state index contributed by atoms with van der Waals surface area (Å²) in [5, 5.41) is 0. The molecule has 1 aromatic rings. The van der Waals surface area contributed by atoms with Gasteiger partial charge >= 0.3 is 12.1 Å². The Morgan fingerprint density at radius 1 is 1.37 bits per heavy atom. The van der Waals surface area contributed by atoms with Crippen molar-refractivity contribution in [2.24, 2.45) is 5.73 Å². The van der Waals surface area contributed by atoms with Gasteiger partial charge in [-0.25, -0.2) is 0 Å². The molecule has 7 heteroatoms. The molecule has 0 heterocycles. The molecule has 1 rings (SSSR count). The van der Waals surface area contributed by atoms with Gasteiger partial charge in [0.2, 0.25) is 0 Å². The predicted octanol–water partition coefficient (Wildman–Crippen LogP) is 1.76. The number of benzene rings is 1. The Kier molecular flexibility index (Phi) is 4.77. The van der Waals surface area contributed by atoms with E-state index in [9.17, 15) is 18.0 Å². The number of methoxy groups -OCH3 is 2. The highest BCUT2D eigenvalue weighted by molar-refractivity contribution is 5.75. The van der Waals surface area contributed by atoms with E-state index in [2.05, 4.69) is 4.74 Å². The molecule has 0 aliphatic carbocycles. The zero-order valence-corrected chi connectivity index (χ0v) is 10.5. The topological polar surface area (TPSA) is 61.5 Å². The van der Waals surface area contributed by atoms with E-state index in [0.717, 1.165) is 13.2 Å². The summed E-state index contributed by atoms with van der Waals surface area (Å²) in [6, 6.07) is 2.36. The number of ether oxygens (including phenoxy) is 2. The van der Waals surface area contributed by atoms with E-state index in [0.29, 0.717) is 0 Å². The van der Waals surface area contributed by atoms with Crippen LogP contribution < -0.4 is 10.5 Å². The summed E-state index contributed by atoms with van der Waals surface area (Å²) < 4.78 is 47.8. The van der Waals surface area contributed by atoms with Gasteiger partial charge in [-0.3, -0.25) is 4.79 Å². The first-order valence-corrected chi connectivity index (χ1v) is 5.37. The molecule has 1 atom stereocenters. The molecule has 19 heavy (non-hydrogen) atoms. The van der Waals surface area contributed by atoms with Crippen LogP contribution >= 0.6 is 0 Å². The third kappa shape index (κ3) is 3.85. The molecule has 0 spiro atoms. The van der Waals surface area contributed by atoms with Gasteiger partial charge in [0.15, 0.2) is 0 Å². The Morgan fingerprint density at radius 3 is 2.47 bits per heavy atom. The smallest absolute Gasteiger partial charge is 0.416 e. The largest absolute Gasteiger partial charge is 0.497 e. The first-order chi connectivity index (χ1) is 8.79. The summed E-state index contributed by atoms with van der Waals surface area (Å²) >= 11 is 0. The number of alkyl halides is 3. The number of carbonyl (C=O) groups excluding carboxylic acids is 1. The summed E-state index contributed by atoms with van der Waals surface area (Å²) in [4.78, 5) is 11.1. The van der Waals surface area contributed by atoms with Gasteiger partial charge in [0.1, 0.15) is 11.8 Å². The number of hydrogen-bond donors (Lipinski definition) is 1. The molecule has 1 unspecified atom stereocenters. The maximum absolute atomic E-state index is 12.9. The summed E-state index contributed by atoms with van der Waals surface area (Å²) in [6.45, 7) is 0. The molecule has 1 aromatic carbocycles. The second kappa shape index (κ2) is 5.92. The minimum atomic E-state index is -4.54. The number of halogens is 3. The second-order valence-electron chi connectivity index (χ2n) is 3.85. The minimum absolute atomic E-state index is 0.0776. The van der Waals surface area contributed by atoms with Gasteiger partial charge < -0.3 is 15.2 Å². The van der Waals surface area contributed by atoms with Crippen LogP contribution in [-0.4, -0.2) is 26.2 Å². The normalized spacial score (nSPS) is 12.9. The third-order valence-electron chi connectivity index (χ3n) is 2.57. The molecule has 0 amide bonds. The van der Waals surface area contributed by atoms with Crippen LogP contribution in [0, 0.1) is 0 Å². The van der Waals surface area contributed by atoms with Gasteiger partial charge in [-0.2, -0.15) is 13.2 Å². The molecule has 0 aliphatic rings. The molecule has 0 fully saturated rings. The summed E-state index contributed by atoms with van der Waals surface area (Å²) in [6.07, 6.45) is -4.80. The van der Waals surface area contributed by atoms with Gasteiger partial charge in [-0.05, 0) is 24.1 Å². The van der Waals surface area contributed by atoms with Crippen molar-refractivity contribution in [2.45, 2.75) is 18.6 Å². The standard InChI is InChI=1S/C12H14F3NO3/c1-18-8-4-3-7(5-10(16)11(17)19-2)9(6-8)12(13,14)15/h3-4,6,10H,5,16H2,1-2H3. The van der Waals surface area contributed by atoms with E-state index in [1.165, 1.54) is 19.2 Å². The highest BCUT2D eigenvalue weighted by atomic mass is 19.4. The third-order valence-corrected chi connectivity index (χ3v) is 2.57. The Bertz CT molecular complexity index is 460. The molecule has 0 bridgehead atoms. The van der Waals surface area contributed by atoms with Gasteiger partial charge in [-0.15, -0.1) is 0 Å². The van der Waals surface area contributed by atoms with Crippen LogP contribution in [0.2, 0.25) is 0 Å². The monoisotopic (exact) mass is 277 g/mol. The molecule has 0 aliphatic heterocycles. The molecular weight excluding hydrogens is 263 g/mol. The van der Waals surface area contributed by atoms with Crippen molar-refractivity contribution in [3.05, 3.63) is 29.3 Å². The van der Waals surface area contributed by atoms with Crippen molar-refractivity contribution in [2.75, 3.05) is 14.2 Å². The molecule has 106 valence electrons. The first kappa shape index (κ1) is 15.3. The van der Waals surface area contributed by atoms with Crippen LogP contribution in [0.25, 0.3) is 0 Å². The van der Waals surface area contributed by atoms with Crippen LogP contribution in [0.1, 0.15) is 11.1 Å². The molecule has 2 N–H and O–H groups in total. The number of nitrogens with two attached hydrogens (primary N) is 1. The Hall–Kier alpha value is -1.76. The van der Waals surface area contributed by atoms with Gasteiger partial charge in [0, 0.05) is 0 Å². The number of rotatable bonds is 4. The highest BCUT2D eigenvalue weighted by Crippen LogP contribution is 2.34. The molecule has 4 nitrogen and oxygen atoms in total. The second-order valence-corrected chi connectivity index (χ2v) is 3.85. The van der Waals surface area contributed by atoms with Crippen molar-refractivity contribution in [3.8, 4) is 5.75 Å². The fourth-order valence-corrected chi connectivity index (χ4v) is 1.60. The zero-order chi connectivity index (χ0) is 14.6. The van der Waals surface area contributed by atoms with Crippen LogP contribution in [0.4, 0.5) is 13.2 Å². The van der Waals surface area contributed by atoms with E-state index in [4.69, 9.17) is 10.5 Å². The van der Waals surface area contributed by atoms with E-state index < -0.39 is 23.8 Å². The van der Waals surface area contributed by atoms with Crippen LogP contribution in [0.5, 0.6) is 5.75 Å². The van der Waals surface area contributed by atoms with E-state index in [-0.39, 0.29) is 17.7 Å². The van der Waals surface area contributed by atoms with Crippen LogP contribution in [-0.2, 0) is 22.1 Å². The molecular formula is C12H14F3NO3. The van der Waals surface area contributed by atoms with Gasteiger partial charge in [0.05, 0.1) is 19.8 Å². The summed E-state index contributed by atoms with van der Waals surface area (Å²) in [5.41, 5.74) is 4.52. The fourth-order valence-electron chi connectivity index (χ4n) is 1.60. The lowest BCUT2D eigenvalue weighted by Gasteiger charge is -2.16. The Morgan fingerprint density at radius 2 is 2.00 bits per heavy atom. The van der Waals surface area contributed by atoms with Crippen molar-refractivity contribution in [3.63, 3.8) is 0 Å². The summed E-state index contributed by atoms with van der Waals surface area (Å²) in [7, 11) is 2.40. The average molecular weight is 277 g/mol. The molecule has 0 saturated carbocycles.